The van der Waals surface area contributed by atoms with Crippen LogP contribution in [0.15, 0.2) is 36.4 Å². The maximum atomic E-state index is 10.8. The number of hydrogen-bond donors (Lipinski definition) is 1. The average molecular weight is 318 g/mol. The van der Waals surface area contributed by atoms with Crippen LogP contribution in [0.2, 0.25) is 5.02 Å². The molecule has 0 aliphatic rings. The smallest absolute Gasteiger partial charge is 0.271 e. The molecule has 0 unspecified atom stereocenters. The van der Waals surface area contributed by atoms with Crippen LogP contribution in [0.3, 0.4) is 0 Å². The van der Waals surface area contributed by atoms with Crippen LogP contribution in [0.25, 0.3) is 22.4 Å². The van der Waals surface area contributed by atoms with Crippen LogP contribution < -0.4 is 4.74 Å². The summed E-state index contributed by atoms with van der Waals surface area (Å²) < 4.78 is 5.39. The van der Waals surface area contributed by atoms with E-state index in [4.69, 9.17) is 16.3 Å². The second-order valence-corrected chi connectivity index (χ2v) is 5.03. The Balaban J connectivity index is 2.03. The summed E-state index contributed by atoms with van der Waals surface area (Å²) in [6.07, 6.45) is 0. The molecule has 0 atom stereocenters. The molecule has 0 fully saturated rings. The average Bonchev–Trinajstić information content (AvgIpc) is 2.92. The second-order valence-electron chi connectivity index (χ2n) is 4.62. The molecule has 0 aliphatic carbocycles. The number of halogens is 1. The Morgan fingerprint density at radius 3 is 2.82 bits per heavy atom. The van der Waals surface area contributed by atoms with E-state index in [1.54, 1.807) is 18.2 Å². The number of nitro benzene ring substituents is 1. The van der Waals surface area contributed by atoms with Crippen molar-refractivity contribution in [2.45, 2.75) is 6.92 Å². The van der Waals surface area contributed by atoms with Crippen LogP contribution in [-0.4, -0.2) is 21.5 Å². The Hall–Kier alpha value is -2.60. The lowest BCUT2D eigenvalue weighted by Gasteiger charge is -2.06. The van der Waals surface area contributed by atoms with Gasteiger partial charge in [0.05, 0.1) is 27.6 Å². The summed E-state index contributed by atoms with van der Waals surface area (Å²) in [6, 6.07) is 9.86. The maximum absolute atomic E-state index is 10.8. The van der Waals surface area contributed by atoms with Crippen molar-refractivity contribution in [3.8, 4) is 17.1 Å². The lowest BCUT2D eigenvalue weighted by molar-refractivity contribution is -0.384. The van der Waals surface area contributed by atoms with E-state index in [-0.39, 0.29) is 5.69 Å². The van der Waals surface area contributed by atoms with E-state index in [2.05, 4.69) is 9.97 Å². The van der Waals surface area contributed by atoms with E-state index in [0.29, 0.717) is 34.2 Å². The van der Waals surface area contributed by atoms with Crippen molar-refractivity contribution in [3.63, 3.8) is 0 Å². The second kappa shape index (κ2) is 5.65. The predicted octanol–water partition coefficient (Wildman–Crippen LogP) is 4.19. The van der Waals surface area contributed by atoms with Crippen LogP contribution in [0, 0.1) is 10.1 Å². The van der Waals surface area contributed by atoms with Gasteiger partial charge in [0.2, 0.25) is 0 Å². The zero-order chi connectivity index (χ0) is 15.7. The molecular formula is C15H12ClN3O3. The van der Waals surface area contributed by atoms with Gasteiger partial charge in [-0.2, -0.15) is 0 Å². The van der Waals surface area contributed by atoms with Gasteiger partial charge in [-0.05, 0) is 31.2 Å². The van der Waals surface area contributed by atoms with E-state index >= 15 is 0 Å². The number of nitro groups is 1. The van der Waals surface area contributed by atoms with Crippen molar-refractivity contribution in [3.05, 3.63) is 51.5 Å². The number of imidazole rings is 1. The molecule has 1 N–H and O–H groups in total. The number of non-ortho nitro benzene ring substituents is 1. The molecular weight excluding hydrogens is 306 g/mol. The lowest BCUT2D eigenvalue weighted by Crippen LogP contribution is -1.92. The molecule has 6 nitrogen and oxygen atoms in total. The first-order chi connectivity index (χ1) is 10.6. The zero-order valence-electron chi connectivity index (χ0n) is 11.7. The molecule has 0 radical (unpaired) electrons. The Bertz CT molecular complexity index is 860. The predicted molar refractivity (Wildman–Crippen MR) is 84.4 cm³/mol. The molecule has 1 aromatic heterocycles. The first kappa shape index (κ1) is 14.3. The van der Waals surface area contributed by atoms with E-state index in [0.717, 1.165) is 5.56 Å². The first-order valence-corrected chi connectivity index (χ1v) is 7.03. The van der Waals surface area contributed by atoms with Gasteiger partial charge in [0, 0.05) is 17.7 Å². The third-order valence-electron chi connectivity index (χ3n) is 3.18. The minimum absolute atomic E-state index is 0.0208. The molecule has 1 heterocycles. The van der Waals surface area contributed by atoms with Gasteiger partial charge < -0.3 is 9.72 Å². The number of hydrogen-bond acceptors (Lipinski definition) is 4. The van der Waals surface area contributed by atoms with Gasteiger partial charge in [0.15, 0.2) is 0 Å². The highest BCUT2D eigenvalue weighted by Gasteiger charge is 2.12. The van der Waals surface area contributed by atoms with Crippen molar-refractivity contribution >= 4 is 28.3 Å². The number of aromatic amines is 1. The van der Waals surface area contributed by atoms with E-state index in [9.17, 15) is 10.1 Å². The zero-order valence-corrected chi connectivity index (χ0v) is 12.4. The molecule has 0 aliphatic heterocycles. The van der Waals surface area contributed by atoms with Gasteiger partial charge in [-0.1, -0.05) is 11.6 Å². The quantitative estimate of drug-likeness (QED) is 0.578. The summed E-state index contributed by atoms with van der Waals surface area (Å²) in [5.74, 6) is 1.21. The van der Waals surface area contributed by atoms with Crippen molar-refractivity contribution in [2.75, 3.05) is 6.61 Å². The van der Waals surface area contributed by atoms with Crippen molar-refractivity contribution in [1.82, 2.24) is 9.97 Å². The number of benzene rings is 2. The number of aromatic nitrogens is 2. The van der Waals surface area contributed by atoms with Gasteiger partial charge in [-0.3, -0.25) is 10.1 Å². The number of nitrogens with one attached hydrogen (secondary N) is 1. The normalized spacial score (nSPS) is 10.8. The van der Waals surface area contributed by atoms with Crippen LogP contribution in [0.4, 0.5) is 5.69 Å². The number of ether oxygens (including phenoxy) is 1. The molecule has 3 rings (SSSR count). The Labute approximate surface area is 130 Å². The van der Waals surface area contributed by atoms with Gasteiger partial charge in [0.1, 0.15) is 11.6 Å². The van der Waals surface area contributed by atoms with E-state index in [1.165, 1.54) is 12.1 Å². The fourth-order valence-corrected chi connectivity index (χ4v) is 2.40. The molecule has 0 saturated carbocycles. The molecule has 2 aromatic carbocycles. The van der Waals surface area contributed by atoms with Crippen LogP contribution in [0.5, 0.6) is 5.75 Å². The molecule has 3 aromatic rings. The SMILES string of the molecule is CCOc1ccc(-c2nc3ccc([N+](=O)[O-])cc3[nH]2)cc1Cl. The standard InChI is InChI=1S/C15H12ClN3O3/c1-2-22-14-6-3-9(7-11(14)16)15-17-12-5-4-10(19(20)21)8-13(12)18-15/h3-8H,2H2,1H3,(H,17,18). The van der Waals surface area contributed by atoms with Crippen LogP contribution >= 0.6 is 11.6 Å². The minimum atomic E-state index is -0.437. The number of H-pyrrole nitrogens is 1. The fraction of sp³-hybridized carbons (Fsp3) is 0.133. The molecule has 22 heavy (non-hydrogen) atoms. The summed E-state index contributed by atoms with van der Waals surface area (Å²) in [5.41, 5.74) is 2.07. The van der Waals surface area contributed by atoms with Crippen molar-refractivity contribution in [2.24, 2.45) is 0 Å². The van der Waals surface area contributed by atoms with Gasteiger partial charge >= 0.3 is 0 Å². The van der Waals surface area contributed by atoms with Gasteiger partial charge in [-0.25, -0.2) is 4.98 Å². The lowest BCUT2D eigenvalue weighted by atomic mass is 10.2. The highest BCUT2D eigenvalue weighted by molar-refractivity contribution is 6.32. The largest absolute Gasteiger partial charge is 0.492 e. The summed E-state index contributed by atoms with van der Waals surface area (Å²) in [6.45, 7) is 2.42. The number of rotatable bonds is 4. The molecule has 0 bridgehead atoms. The molecule has 112 valence electrons. The summed E-state index contributed by atoms with van der Waals surface area (Å²) in [5, 5.41) is 11.3. The fourth-order valence-electron chi connectivity index (χ4n) is 2.17. The summed E-state index contributed by atoms with van der Waals surface area (Å²) in [4.78, 5) is 17.9. The third kappa shape index (κ3) is 2.60. The molecule has 0 amide bonds. The molecule has 0 spiro atoms. The van der Waals surface area contributed by atoms with Crippen LogP contribution in [0.1, 0.15) is 6.92 Å². The van der Waals surface area contributed by atoms with Crippen molar-refractivity contribution < 1.29 is 9.66 Å². The highest BCUT2D eigenvalue weighted by atomic mass is 35.5. The molecule has 7 heteroatoms. The van der Waals surface area contributed by atoms with Gasteiger partial charge in [-0.15, -0.1) is 0 Å². The Kier molecular flexibility index (Phi) is 3.68. The van der Waals surface area contributed by atoms with Crippen LogP contribution in [-0.2, 0) is 0 Å². The van der Waals surface area contributed by atoms with Gasteiger partial charge in [0.25, 0.3) is 5.69 Å². The minimum Gasteiger partial charge on any atom is -0.492 e. The number of nitrogens with zero attached hydrogens (tertiary/aromatic N) is 2. The maximum Gasteiger partial charge on any atom is 0.271 e. The molecule has 0 saturated heterocycles. The summed E-state index contributed by atoms with van der Waals surface area (Å²) >= 11 is 6.17. The topological polar surface area (TPSA) is 81.1 Å². The van der Waals surface area contributed by atoms with E-state index in [1.807, 2.05) is 13.0 Å². The monoisotopic (exact) mass is 317 g/mol. The van der Waals surface area contributed by atoms with Crippen molar-refractivity contribution in [1.29, 1.82) is 0 Å². The Morgan fingerprint density at radius 2 is 2.14 bits per heavy atom. The summed E-state index contributed by atoms with van der Waals surface area (Å²) in [7, 11) is 0. The third-order valence-corrected chi connectivity index (χ3v) is 3.48. The first-order valence-electron chi connectivity index (χ1n) is 6.65. The van der Waals surface area contributed by atoms with E-state index < -0.39 is 4.92 Å². The Morgan fingerprint density at radius 1 is 1.32 bits per heavy atom. The number of fused-ring (bicyclic) bond motifs is 1. The highest BCUT2D eigenvalue weighted by Crippen LogP contribution is 2.30.